The Hall–Kier alpha value is -1.58. The van der Waals surface area contributed by atoms with Gasteiger partial charge in [-0.05, 0) is 43.2 Å². The largest absolute Gasteiger partial charge is 0.374 e. The van der Waals surface area contributed by atoms with Crippen molar-refractivity contribution in [1.29, 1.82) is 0 Å². The number of benzene rings is 1. The summed E-state index contributed by atoms with van der Waals surface area (Å²) in [5.74, 6) is 0. The third-order valence-corrected chi connectivity index (χ3v) is 3.80. The fraction of sp³-hybridized carbons (Fsp3) is 0.353. The summed E-state index contributed by atoms with van der Waals surface area (Å²) in [7, 11) is 2.07. The molecule has 0 radical (unpaired) electrons. The van der Waals surface area contributed by atoms with Crippen LogP contribution in [-0.4, -0.2) is 24.6 Å². The molecule has 112 valence electrons. The van der Waals surface area contributed by atoms with Crippen LogP contribution >= 0.6 is 11.6 Å². The molecule has 0 aliphatic rings. The molecule has 0 aliphatic heterocycles. The number of hydrogen-bond acceptors (Lipinski definition) is 3. The van der Waals surface area contributed by atoms with Gasteiger partial charge < -0.3 is 10.6 Å². The summed E-state index contributed by atoms with van der Waals surface area (Å²) in [6.45, 7) is 2.89. The van der Waals surface area contributed by atoms with Gasteiger partial charge in [-0.25, -0.2) is 0 Å². The maximum Gasteiger partial charge on any atom is 0.0459 e. The minimum absolute atomic E-state index is 0.121. The minimum Gasteiger partial charge on any atom is -0.374 e. The first-order chi connectivity index (χ1) is 10.1. The predicted molar refractivity (Wildman–Crippen MR) is 90.0 cm³/mol. The monoisotopic (exact) mass is 303 g/mol. The summed E-state index contributed by atoms with van der Waals surface area (Å²) >= 11 is 6.34. The number of likely N-dealkylation sites (N-methyl/N-ethyl adjacent to an activating group) is 1. The van der Waals surface area contributed by atoms with Gasteiger partial charge in [0.1, 0.15) is 0 Å². The molecule has 1 unspecified atom stereocenters. The average Bonchev–Trinajstić information content (AvgIpc) is 2.47. The van der Waals surface area contributed by atoms with Crippen molar-refractivity contribution in [3.8, 4) is 0 Å². The van der Waals surface area contributed by atoms with Gasteiger partial charge in [-0.15, -0.1) is 0 Å². The molecule has 21 heavy (non-hydrogen) atoms. The maximum absolute atomic E-state index is 6.34. The number of nitrogens with two attached hydrogens (primary N) is 1. The number of nitrogens with zero attached hydrogens (tertiary/aromatic N) is 2. The summed E-state index contributed by atoms with van der Waals surface area (Å²) < 4.78 is 0. The molecular formula is C17H22ClN3. The number of halogens is 1. The second-order valence-electron chi connectivity index (χ2n) is 5.45. The van der Waals surface area contributed by atoms with E-state index in [0.29, 0.717) is 0 Å². The van der Waals surface area contributed by atoms with Crippen molar-refractivity contribution in [3.05, 3.63) is 58.9 Å². The molecule has 3 nitrogen and oxygen atoms in total. The zero-order valence-electron chi connectivity index (χ0n) is 12.6. The Bertz CT molecular complexity index is 570. The lowest BCUT2D eigenvalue weighted by Gasteiger charge is -2.20. The van der Waals surface area contributed by atoms with E-state index in [1.807, 2.05) is 37.4 Å². The minimum atomic E-state index is 0.121. The van der Waals surface area contributed by atoms with E-state index in [1.54, 1.807) is 0 Å². The van der Waals surface area contributed by atoms with Crippen LogP contribution in [0.25, 0.3) is 0 Å². The molecule has 1 aromatic carbocycles. The van der Waals surface area contributed by atoms with Crippen LogP contribution in [0.3, 0.4) is 0 Å². The van der Waals surface area contributed by atoms with Crippen molar-refractivity contribution in [3.63, 3.8) is 0 Å². The summed E-state index contributed by atoms with van der Waals surface area (Å²) in [6, 6.07) is 12.3. The predicted octanol–water partition coefficient (Wildman–Crippen LogP) is 3.30. The molecule has 0 bridgehead atoms. The zero-order valence-corrected chi connectivity index (χ0v) is 13.3. The number of pyridine rings is 1. The molecule has 0 saturated carbocycles. The molecular weight excluding hydrogens is 282 g/mol. The molecule has 2 aromatic rings. The van der Waals surface area contributed by atoms with Gasteiger partial charge in [-0.2, -0.15) is 0 Å². The van der Waals surface area contributed by atoms with Gasteiger partial charge >= 0.3 is 0 Å². The Kier molecular flexibility index (Phi) is 5.59. The lowest BCUT2D eigenvalue weighted by molar-refractivity contribution is 0.738. The Morgan fingerprint density at radius 2 is 2.10 bits per heavy atom. The van der Waals surface area contributed by atoms with Gasteiger partial charge in [-0.3, -0.25) is 4.98 Å². The molecule has 0 aliphatic carbocycles. The molecule has 1 atom stereocenters. The summed E-state index contributed by atoms with van der Waals surface area (Å²) in [4.78, 5) is 6.53. The van der Waals surface area contributed by atoms with Crippen LogP contribution in [0.2, 0.25) is 5.02 Å². The van der Waals surface area contributed by atoms with Crippen LogP contribution in [0.5, 0.6) is 0 Å². The van der Waals surface area contributed by atoms with Crippen molar-refractivity contribution < 1.29 is 0 Å². The van der Waals surface area contributed by atoms with Crippen LogP contribution in [-0.2, 0) is 12.8 Å². The van der Waals surface area contributed by atoms with Crippen LogP contribution < -0.4 is 10.6 Å². The lowest BCUT2D eigenvalue weighted by atomic mass is 10.1. The van der Waals surface area contributed by atoms with Crippen molar-refractivity contribution in [2.75, 3.05) is 18.5 Å². The van der Waals surface area contributed by atoms with E-state index in [9.17, 15) is 0 Å². The van der Waals surface area contributed by atoms with E-state index >= 15 is 0 Å². The molecule has 0 amide bonds. The van der Waals surface area contributed by atoms with Gasteiger partial charge in [0, 0.05) is 48.7 Å². The van der Waals surface area contributed by atoms with Crippen LogP contribution in [0.4, 0.5) is 5.69 Å². The first-order valence-corrected chi connectivity index (χ1v) is 7.59. The first-order valence-electron chi connectivity index (χ1n) is 7.21. The molecule has 1 aromatic heterocycles. The molecule has 0 spiro atoms. The van der Waals surface area contributed by atoms with Gasteiger partial charge in [0.25, 0.3) is 0 Å². The lowest BCUT2D eigenvalue weighted by Crippen LogP contribution is -2.21. The van der Waals surface area contributed by atoms with E-state index in [2.05, 4.69) is 29.1 Å². The number of hydrogen-bond donors (Lipinski definition) is 1. The Labute approximate surface area is 131 Å². The average molecular weight is 304 g/mol. The highest BCUT2D eigenvalue weighted by atomic mass is 35.5. The van der Waals surface area contributed by atoms with E-state index in [0.717, 1.165) is 41.4 Å². The van der Waals surface area contributed by atoms with Crippen molar-refractivity contribution in [1.82, 2.24) is 4.98 Å². The highest BCUT2D eigenvalue weighted by Crippen LogP contribution is 2.24. The molecule has 2 rings (SSSR count). The standard InChI is InChI=1S/C17H22ClN3/c1-13(19)11-14-6-7-16(12-17(14)18)21(2)10-8-15-5-3-4-9-20-15/h3-7,9,12-13H,8,10-11,19H2,1-2H3. The van der Waals surface area contributed by atoms with Gasteiger partial charge in [0.15, 0.2) is 0 Å². The summed E-state index contributed by atoms with van der Waals surface area (Å²) in [6.07, 6.45) is 3.54. The first kappa shape index (κ1) is 15.8. The third kappa shape index (κ3) is 4.73. The second kappa shape index (κ2) is 7.43. The molecule has 4 heteroatoms. The Balaban J connectivity index is 1.99. The van der Waals surface area contributed by atoms with Crippen LogP contribution in [0.15, 0.2) is 42.6 Å². The second-order valence-corrected chi connectivity index (χ2v) is 5.86. The fourth-order valence-corrected chi connectivity index (χ4v) is 2.50. The third-order valence-electron chi connectivity index (χ3n) is 3.45. The normalized spacial score (nSPS) is 12.2. The van der Waals surface area contributed by atoms with E-state index < -0.39 is 0 Å². The highest BCUT2D eigenvalue weighted by Gasteiger charge is 2.07. The van der Waals surface area contributed by atoms with Gasteiger partial charge in [-0.1, -0.05) is 23.7 Å². The fourth-order valence-electron chi connectivity index (χ4n) is 2.24. The number of rotatable bonds is 6. The molecule has 0 saturated heterocycles. The van der Waals surface area contributed by atoms with E-state index in [4.69, 9.17) is 17.3 Å². The molecule has 2 N–H and O–H groups in total. The van der Waals surface area contributed by atoms with Gasteiger partial charge in [0.2, 0.25) is 0 Å². The van der Waals surface area contributed by atoms with E-state index in [1.165, 1.54) is 0 Å². The van der Waals surface area contributed by atoms with E-state index in [-0.39, 0.29) is 6.04 Å². The van der Waals surface area contributed by atoms with Crippen LogP contribution in [0, 0.1) is 0 Å². The van der Waals surface area contributed by atoms with Gasteiger partial charge in [0.05, 0.1) is 0 Å². The molecule has 1 heterocycles. The van der Waals surface area contributed by atoms with Crippen LogP contribution in [0.1, 0.15) is 18.2 Å². The Morgan fingerprint density at radius 1 is 1.29 bits per heavy atom. The number of anilines is 1. The smallest absolute Gasteiger partial charge is 0.0459 e. The number of aromatic nitrogens is 1. The SMILES string of the molecule is CC(N)Cc1ccc(N(C)CCc2ccccn2)cc1Cl. The highest BCUT2D eigenvalue weighted by molar-refractivity contribution is 6.31. The van der Waals surface area contributed by atoms with Crippen molar-refractivity contribution in [2.45, 2.75) is 25.8 Å². The van der Waals surface area contributed by atoms with Crippen molar-refractivity contribution in [2.24, 2.45) is 5.73 Å². The maximum atomic E-state index is 6.34. The summed E-state index contributed by atoms with van der Waals surface area (Å²) in [5.41, 5.74) is 9.15. The molecule has 0 fully saturated rings. The Morgan fingerprint density at radius 3 is 2.71 bits per heavy atom. The summed E-state index contributed by atoms with van der Waals surface area (Å²) in [5, 5.41) is 0.787. The zero-order chi connectivity index (χ0) is 15.2. The quantitative estimate of drug-likeness (QED) is 0.890. The van der Waals surface area contributed by atoms with Crippen molar-refractivity contribution >= 4 is 17.3 Å². The topological polar surface area (TPSA) is 42.1 Å².